The summed E-state index contributed by atoms with van der Waals surface area (Å²) in [5, 5.41) is 31.8. The molecule has 0 aliphatic heterocycles. The zero-order valence-electron chi connectivity index (χ0n) is 24.0. The Morgan fingerprint density at radius 1 is 0.930 bits per heavy atom. The van der Waals surface area contributed by atoms with Gasteiger partial charge in [-0.25, -0.2) is 15.3 Å². The summed E-state index contributed by atoms with van der Waals surface area (Å²) in [5.41, 5.74) is 5.39. The summed E-state index contributed by atoms with van der Waals surface area (Å²) >= 11 is 0. The summed E-state index contributed by atoms with van der Waals surface area (Å²) < 4.78 is 1.79. The number of unbranched alkanes of at least 4 members (excludes halogenated alkanes) is 1. The standard InChI is InChI=1S/C33H36N4O6/c1-2-3-13-29-35-28(21-38)31(32(40)34-25(19-30(39)36-43)18-22-9-5-4-6-10-22)37(29)20-23-14-16-24(17-15-23)26-11-7-8-12-27(26)33(41)42/h4-12,14-17,25,38,43H,2-3,13,18-21H2,1H3,(H,34,40)(H,36,39)(H,41,42). The molecule has 3 aromatic carbocycles. The maximum atomic E-state index is 13.8. The minimum Gasteiger partial charge on any atom is -0.478 e. The molecular formula is C33H36N4O6. The molecule has 0 bridgehead atoms. The molecule has 0 aliphatic rings. The van der Waals surface area contributed by atoms with Crippen LogP contribution in [0.2, 0.25) is 0 Å². The Bertz CT molecular complexity index is 1550. The summed E-state index contributed by atoms with van der Waals surface area (Å²) in [5.74, 6) is -1.47. The van der Waals surface area contributed by atoms with E-state index in [9.17, 15) is 24.6 Å². The largest absolute Gasteiger partial charge is 0.478 e. The van der Waals surface area contributed by atoms with Gasteiger partial charge in [0.25, 0.3) is 5.91 Å². The summed E-state index contributed by atoms with van der Waals surface area (Å²) in [6.45, 7) is 1.90. The number of aliphatic hydroxyl groups excluding tert-OH is 1. The van der Waals surface area contributed by atoms with E-state index in [2.05, 4.69) is 17.2 Å². The lowest BCUT2D eigenvalue weighted by molar-refractivity contribution is -0.129. The molecular weight excluding hydrogens is 548 g/mol. The van der Waals surface area contributed by atoms with Crippen LogP contribution in [0.1, 0.15) is 69.7 Å². The minimum absolute atomic E-state index is 0.151. The van der Waals surface area contributed by atoms with Crippen molar-refractivity contribution in [2.24, 2.45) is 0 Å². The van der Waals surface area contributed by atoms with E-state index >= 15 is 0 Å². The number of carboxylic acid groups (broad SMARTS) is 1. The number of imidazole rings is 1. The summed E-state index contributed by atoms with van der Waals surface area (Å²) in [7, 11) is 0. The third-order valence-corrected chi connectivity index (χ3v) is 7.22. The molecule has 10 heteroatoms. The van der Waals surface area contributed by atoms with Crippen LogP contribution >= 0.6 is 0 Å². The zero-order valence-corrected chi connectivity index (χ0v) is 24.0. The molecule has 1 aromatic heterocycles. The number of hydrogen-bond donors (Lipinski definition) is 5. The molecule has 4 rings (SSSR count). The number of carbonyl (C=O) groups excluding carboxylic acids is 2. The molecule has 224 valence electrons. The Labute approximate surface area is 250 Å². The highest BCUT2D eigenvalue weighted by atomic mass is 16.5. The quantitative estimate of drug-likeness (QED) is 0.109. The van der Waals surface area contributed by atoms with Crippen molar-refractivity contribution in [1.82, 2.24) is 20.3 Å². The number of carboxylic acids is 1. The number of carbonyl (C=O) groups is 3. The summed E-state index contributed by atoms with van der Waals surface area (Å²) in [6, 6.07) is 23.0. The van der Waals surface area contributed by atoms with Crippen LogP contribution in [0, 0.1) is 0 Å². The van der Waals surface area contributed by atoms with Crippen LogP contribution in [0.5, 0.6) is 0 Å². The van der Waals surface area contributed by atoms with Crippen molar-refractivity contribution in [2.45, 2.75) is 58.2 Å². The van der Waals surface area contributed by atoms with Crippen molar-refractivity contribution in [3.8, 4) is 11.1 Å². The average molecular weight is 585 g/mol. The second-order valence-corrected chi connectivity index (χ2v) is 10.3. The van der Waals surface area contributed by atoms with Gasteiger partial charge in [0, 0.05) is 25.4 Å². The van der Waals surface area contributed by atoms with Crippen LogP contribution in [0.4, 0.5) is 0 Å². The fourth-order valence-electron chi connectivity index (χ4n) is 5.10. The van der Waals surface area contributed by atoms with Crippen LogP contribution in [0.15, 0.2) is 78.9 Å². The van der Waals surface area contributed by atoms with Crippen LogP contribution in [-0.4, -0.2) is 48.8 Å². The Morgan fingerprint density at radius 3 is 2.28 bits per heavy atom. The van der Waals surface area contributed by atoms with Crippen molar-refractivity contribution in [3.63, 3.8) is 0 Å². The van der Waals surface area contributed by atoms with Crippen molar-refractivity contribution >= 4 is 17.8 Å². The highest BCUT2D eigenvalue weighted by Crippen LogP contribution is 2.25. The molecule has 10 nitrogen and oxygen atoms in total. The smallest absolute Gasteiger partial charge is 0.336 e. The number of aromatic carboxylic acids is 1. The number of amides is 2. The van der Waals surface area contributed by atoms with E-state index in [-0.39, 0.29) is 29.9 Å². The normalized spacial score (nSPS) is 11.6. The van der Waals surface area contributed by atoms with Crippen molar-refractivity contribution in [3.05, 3.63) is 113 Å². The lowest BCUT2D eigenvalue weighted by atomic mass is 9.98. The van der Waals surface area contributed by atoms with E-state index in [4.69, 9.17) is 5.21 Å². The summed E-state index contributed by atoms with van der Waals surface area (Å²) in [4.78, 5) is 42.2. The molecule has 1 atom stereocenters. The second kappa shape index (κ2) is 14.9. The predicted octanol–water partition coefficient (Wildman–Crippen LogP) is 4.37. The molecule has 0 aliphatic carbocycles. The van der Waals surface area contributed by atoms with Gasteiger partial charge in [-0.05, 0) is 41.2 Å². The molecule has 43 heavy (non-hydrogen) atoms. The van der Waals surface area contributed by atoms with Gasteiger partial charge in [0.05, 0.1) is 17.9 Å². The van der Waals surface area contributed by atoms with E-state index in [1.807, 2.05) is 54.6 Å². The van der Waals surface area contributed by atoms with Crippen molar-refractivity contribution in [2.75, 3.05) is 0 Å². The summed E-state index contributed by atoms with van der Waals surface area (Å²) in [6.07, 6.45) is 2.55. The topological polar surface area (TPSA) is 154 Å². The van der Waals surface area contributed by atoms with Crippen LogP contribution in [-0.2, 0) is 30.8 Å². The first-order valence-electron chi connectivity index (χ1n) is 14.2. The van der Waals surface area contributed by atoms with Crippen LogP contribution in [0.3, 0.4) is 0 Å². The van der Waals surface area contributed by atoms with Crippen LogP contribution < -0.4 is 10.8 Å². The molecule has 5 N–H and O–H groups in total. The van der Waals surface area contributed by atoms with E-state index in [1.165, 1.54) is 0 Å². The molecule has 0 fully saturated rings. The molecule has 0 saturated carbocycles. The first-order chi connectivity index (χ1) is 20.8. The maximum Gasteiger partial charge on any atom is 0.336 e. The molecule has 2 amide bonds. The Balaban J connectivity index is 1.66. The Hall–Kier alpha value is -4.80. The molecule has 0 spiro atoms. The molecule has 4 aromatic rings. The van der Waals surface area contributed by atoms with Gasteiger partial charge < -0.3 is 20.1 Å². The minimum atomic E-state index is -1.01. The third-order valence-electron chi connectivity index (χ3n) is 7.22. The van der Waals surface area contributed by atoms with Gasteiger partial charge in [-0.1, -0.05) is 86.1 Å². The monoisotopic (exact) mass is 584 g/mol. The zero-order chi connectivity index (χ0) is 30.8. The molecule has 0 radical (unpaired) electrons. The van der Waals surface area contributed by atoms with Crippen LogP contribution in [0.25, 0.3) is 11.1 Å². The van der Waals surface area contributed by atoms with E-state index in [0.717, 1.165) is 29.5 Å². The van der Waals surface area contributed by atoms with E-state index in [0.29, 0.717) is 24.2 Å². The predicted molar refractivity (Wildman–Crippen MR) is 161 cm³/mol. The fraction of sp³-hybridized carbons (Fsp3) is 0.273. The fourth-order valence-corrected chi connectivity index (χ4v) is 5.10. The third kappa shape index (κ3) is 7.94. The number of aliphatic hydroxyl groups is 1. The maximum absolute atomic E-state index is 13.8. The van der Waals surface area contributed by atoms with Gasteiger partial charge in [-0.15, -0.1) is 0 Å². The first-order valence-corrected chi connectivity index (χ1v) is 14.2. The second-order valence-electron chi connectivity index (χ2n) is 10.3. The van der Waals surface area contributed by atoms with Gasteiger partial charge in [-0.2, -0.15) is 0 Å². The number of nitrogens with one attached hydrogen (secondary N) is 2. The van der Waals surface area contributed by atoms with Gasteiger partial charge in [0.1, 0.15) is 11.5 Å². The first kappa shape index (κ1) is 31.1. The number of nitrogens with zero attached hydrogens (tertiary/aromatic N) is 2. The van der Waals surface area contributed by atoms with Crippen molar-refractivity contribution in [1.29, 1.82) is 0 Å². The van der Waals surface area contributed by atoms with Gasteiger partial charge in [0.15, 0.2) is 0 Å². The Morgan fingerprint density at radius 2 is 1.63 bits per heavy atom. The average Bonchev–Trinajstić information content (AvgIpc) is 3.37. The highest BCUT2D eigenvalue weighted by Gasteiger charge is 2.26. The van der Waals surface area contributed by atoms with Gasteiger partial charge in [-0.3, -0.25) is 14.8 Å². The number of rotatable bonds is 14. The van der Waals surface area contributed by atoms with Crippen molar-refractivity contribution < 1.29 is 29.8 Å². The van der Waals surface area contributed by atoms with E-state index < -0.39 is 30.4 Å². The molecule has 0 saturated heterocycles. The SMILES string of the molecule is CCCCc1nc(CO)c(C(=O)NC(CC(=O)NO)Cc2ccccc2)n1Cc1ccc(-c2ccccc2C(=O)O)cc1. The lowest BCUT2D eigenvalue weighted by Gasteiger charge is -2.20. The number of aryl methyl sites for hydroxylation is 1. The molecule has 1 unspecified atom stereocenters. The lowest BCUT2D eigenvalue weighted by Crippen LogP contribution is -2.41. The van der Waals surface area contributed by atoms with E-state index in [1.54, 1.807) is 34.3 Å². The number of hydrogen-bond acceptors (Lipinski definition) is 6. The highest BCUT2D eigenvalue weighted by molar-refractivity contribution is 5.96. The number of aromatic nitrogens is 2. The van der Waals surface area contributed by atoms with Gasteiger partial charge in [0.2, 0.25) is 5.91 Å². The molecule has 1 heterocycles. The van der Waals surface area contributed by atoms with Gasteiger partial charge >= 0.3 is 5.97 Å². The Kier molecular flexibility index (Phi) is 10.8. The number of hydroxylamine groups is 1. The number of benzene rings is 3.